The van der Waals surface area contributed by atoms with E-state index in [0.717, 1.165) is 5.03 Å². The van der Waals surface area contributed by atoms with Gasteiger partial charge in [-0.1, -0.05) is 48.2 Å². The number of nitrogens with two attached hydrogens (primary N) is 1. The van der Waals surface area contributed by atoms with Crippen LogP contribution in [0.15, 0.2) is 59.8 Å². The van der Waals surface area contributed by atoms with Crippen molar-refractivity contribution in [3.8, 4) is 0 Å². The molecule has 0 aliphatic heterocycles. The summed E-state index contributed by atoms with van der Waals surface area (Å²) in [4.78, 5) is 4.30. The molecule has 18 heavy (non-hydrogen) atoms. The Morgan fingerprint density at radius 3 is 2.50 bits per heavy atom. The van der Waals surface area contributed by atoms with E-state index < -0.39 is 0 Å². The van der Waals surface area contributed by atoms with Crippen molar-refractivity contribution in [1.29, 1.82) is 5.41 Å². The molecule has 0 amide bonds. The lowest BCUT2D eigenvalue weighted by Gasteiger charge is -2.15. The van der Waals surface area contributed by atoms with E-state index in [2.05, 4.69) is 17.1 Å². The third kappa shape index (κ3) is 3.60. The Hall–Kier alpha value is -1.81. The van der Waals surface area contributed by atoms with E-state index in [9.17, 15) is 0 Å². The molecule has 1 aromatic heterocycles. The van der Waals surface area contributed by atoms with Crippen LogP contribution >= 0.6 is 11.8 Å². The molecule has 0 saturated heterocycles. The summed E-state index contributed by atoms with van der Waals surface area (Å²) in [5.74, 6) is 0.201. The third-order valence-electron chi connectivity index (χ3n) is 2.48. The van der Waals surface area contributed by atoms with Crippen molar-refractivity contribution < 1.29 is 0 Å². The smallest absolute Gasteiger partial charge is 0.0965 e. The maximum atomic E-state index is 7.48. The predicted octanol–water partition coefficient (Wildman–Crippen LogP) is 3.24. The van der Waals surface area contributed by atoms with Gasteiger partial charge < -0.3 is 5.73 Å². The molecule has 2 aromatic rings. The Morgan fingerprint density at radius 2 is 1.89 bits per heavy atom. The predicted molar refractivity (Wildman–Crippen MR) is 75.8 cm³/mol. The van der Waals surface area contributed by atoms with Crippen LogP contribution in [-0.2, 0) is 0 Å². The van der Waals surface area contributed by atoms with Crippen molar-refractivity contribution in [2.24, 2.45) is 5.73 Å². The highest BCUT2D eigenvalue weighted by atomic mass is 32.2. The van der Waals surface area contributed by atoms with Gasteiger partial charge in [-0.15, -0.1) is 0 Å². The number of thioether (sulfide) groups is 1. The zero-order chi connectivity index (χ0) is 12.8. The van der Waals surface area contributed by atoms with Gasteiger partial charge in [-0.25, -0.2) is 4.98 Å². The Bertz CT molecular complexity index is 499. The number of rotatable bonds is 5. The number of aromatic nitrogens is 1. The van der Waals surface area contributed by atoms with Gasteiger partial charge in [0.1, 0.15) is 0 Å². The van der Waals surface area contributed by atoms with Gasteiger partial charge in [-0.2, -0.15) is 0 Å². The molecule has 1 heterocycles. The summed E-state index contributed by atoms with van der Waals surface area (Å²) < 4.78 is 0. The van der Waals surface area contributed by atoms with Crippen molar-refractivity contribution in [2.75, 3.05) is 0 Å². The lowest BCUT2D eigenvalue weighted by molar-refractivity contribution is 0.975. The molecule has 0 spiro atoms. The van der Waals surface area contributed by atoms with E-state index in [4.69, 9.17) is 11.1 Å². The molecule has 0 radical (unpaired) electrons. The van der Waals surface area contributed by atoms with Crippen LogP contribution in [0, 0.1) is 5.41 Å². The van der Waals surface area contributed by atoms with Crippen LogP contribution in [-0.4, -0.2) is 10.8 Å². The summed E-state index contributed by atoms with van der Waals surface area (Å²) in [6, 6.07) is 15.9. The second-order valence-electron chi connectivity index (χ2n) is 3.91. The average Bonchev–Trinajstić information content (AvgIpc) is 2.40. The zero-order valence-corrected chi connectivity index (χ0v) is 10.7. The molecule has 1 aromatic carbocycles. The van der Waals surface area contributed by atoms with E-state index in [1.807, 2.05) is 36.4 Å². The molecule has 0 fully saturated rings. The summed E-state index contributed by atoms with van der Waals surface area (Å²) in [5.41, 5.74) is 6.70. The monoisotopic (exact) mass is 257 g/mol. The van der Waals surface area contributed by atoms with Crippen LogP contribution in [0.3, 0.4) is 0 Å². The van der Waals surface area contributed by atoms with Crippen LogP contribution in [0.1, 0.15) is 17.2 Å². The minimum atomic E-state index is 0.138. The molecule has 4 heteroatoms. The molecule has 0 aliphatic carbocycles. The SMILES string of the molecule is N=C(N)CC(Sc1ccccn1)c1ccccc1. The Balaban J connectivity index is 2.18. The number of hydrogen-bond donors (Lipinski definition) is 2. The number of benzene rings is 1. The summed E-state index contributed by atoms with van der Waals surface area (Å²) in [5, 5.41) is 8.57. The molecule has 3 N–H and O–H groups in total. The highest BCUT2D eigenvalue weighted by molar-refractivity contribution is 7.99. The number of pyridine rings is 1. The van der Waals surface area contributed by atoms with E-state index >= 15 is 0 Å². The van der Waals surface area contributed by atoms with Gasteiger partial charge in [-0.05, 0) is 17.7 Å². The Morgan fingerprint density at radius 1 is 1.17 bits per heavy atom. The molecule has 0 saturated carbocycles. The summed E-state index contributed by atoms with van der Waals surface area (Å²) in [7, 11) is 0. The maximum absolute atomic E-state index is 7.48. The summed E-state index contributed by atoms with van der Waals surface area (Å²) >= 11 is 1.64. The number of nitrogens with one attached hydrogen (secondary N) is 1. The minimum absolute atomic E-state index is 0.138. The molecule has 1 atom stereocenters. The number of hydrogen-bond acceptors (Lipinski definition) is 3. The first-order chi connectivity index (χ1) is 8.75. The summed E-state index contributed by atoms with van der Waals surface area (Å²) in [6.07, 6.45) is 2.31. The highest BCUT2D eigenvalue weighted by Gasteiger charge is 2.14. The molecule has 0 aliphatic rings. The van der Waals surface area contributed by atoms with Gasteiger partial charge in [-0.3, -0.25) is 5.41 Å². The van der Waals surface area contributed by atoms with Crippen LogP contribution in [0.2, 0.25) is 0 Å². The van der Waals surface area contributed by atoms with E-state index in [-0.39, 0.29) is 11.1 Å². The molecule has 1 unspecified atom stereocenters. The zero-order valence-electron chi connectivity index (χ0n) is 9.91. The van der Waals surface area contributed by atoms with Crippen LogP contribution in [0.25, 0.3) is 0 Å². The van der Waals surface area contributed by atoms with E-state index in [0.29, 0.717) is 6.42 Å². The quantitative estimate of drug-likeness (QED) is 0.491. The average molecular weight is 257 g/mol. The van der Waals surface area contributed by atoms with Crippen molar-refractivity contribution in [3.05, 3.63) is 60.3 Å². The standard InChI is InChI=1S/C14H15N3S/c15-13(16)10-12(11-6-2-1-3-7-11)18-14-8-4-5-9-17-14/h1-9,12H,10H2,(H3,15,16). The lowest BCUT2D eigenvalue weighted by Crippen LogP contribution is -2.13. The molecular weight excluding hydrogens is 242 g/mol. The minimum Gasteiger partial charge on any atom is -0.388 e. The lowest BCUT2D eigenvalue weighted by atomic mass is 10.1. The fourth-order valence-electron chi connectivity index (χ4n) is 1.66. The van der Waals surface area contributed by atoms with Crippen LogP contribution in [0.4, 0.5) is 0 Å². The first-order valence-corrected chi connectivity index (χ1v) is 6.59. The van der Waals surface area contributed by atoms with Gasteiger partial charge in [0.15, 0.2) is 0 Å². The maximum Gasteiger partial charge on any atom is 0.0965 e. The van der Waals surface area contributed by atoms with Gasteiger partial charge in [0, 0.05) is 17.9 Å². The first kappa shape index (κ1) is 12.6. The highest BCUT2D eigenvalue weighted by Crippen LogP contribution is 2.36. The van der Waals surface area contributed by atoms with E-state index in [1.165, 1.54) is 5.56 Å². The van der Waals surface area contributed by atoms with Gasteiger partial charge >= 0.3 is 0 Å². The second-order valence-corrected chi connectivity index (χ2v) is 5.14. The number of nitrogens with zero attached hydrogens (tertiary/aromatic N) is 1. The van der Waals surface area contributed by atoms with Crippen LogP contribution < -0.4 is 5.73 Å². The molecule has 2 rings (SSSR count). The fourth-order valence-corrected chi connectivity index (χ4v) is 2.78. The number of amidine groups is 1. The van der Waals surface area contributed by atoms with Gasteiger partial charge in [0.25, 0.3) is 0 Å². The van der Waals surface area contributed by atoms with Crippen molar-refractivity contribution in [3.63, 3.8) is 0 Å². The van der Waals surface area contributed by atoms with Gasteiger partial charge in [0.05, 0.1) is 10.9 Å². The normalized spacial score (nSPS) is 12.0. The van der Waals surface area contributed by atoms with Crippen molar-refractivity contribution >= 4 is 17.6 Å². The van der Waals surface area contributed by atoms with Crippen molar-refractivity contribution in [1.82, 2.24) is 4.98 Å². The largest absolute Gasteiger partial charge is 0.388 e. The molecular formula is C14H15N3S. The third-order valence-corrected chi connectivity index (χ3v) is 3.68. The van der Waals surface area contributed by atoms with Gasteiger partial charge in [0.2, 0.25) is 0 Å². The summed E-state index contributed by atoms with van der Waals surface area (Å²) in [6.45, 7) is 0. The second kappa shape index (κ2) is 6.21. The Labute approximate surface area is 111 Å². The van der Waals surface area contributed by atoms with Crippen LogP contribution in [0.5, 0.6) is 0 Å². The molecule has 0 bridgehead atoms. The molecule has 92 valence electrons. The Kier molecular flexibility index (Phi) is 4.36. The first-order valence-electron chi connectivity index (χ1n) is 5.71. The topological polar surface area (TPSA) is 62.8 Å². The fraction of sp³-hybridized carbons (Fsp3) is 0.143. The van der Waals surface area contributed by atoms with Crippen molar-refractivity contribution in [2.45, 2.75) is 16.7 Å². The molecule has 3 nitrogen and oxygen atoms in total. The van der Waals surface area contributed by atoms with E-state index in [1.54, 1.807) is 18.0 Å².